The highest BCUT2D eigenvalue weighted by molar-refractivity contribution is 5.10. The summed E-state index contributed by atoms with van der Waals surface area (Å²) in [7, 11) is 0. The maximum absolute atomic E-state index is 6.78. The lowest BCUT2D eigenvalue weighted by Crippen LogP contribution is -2.40. The van der Waals surface area contributed by atoms with Crippen molar-refractivity contribution in [3.05, 3.63) is 11.6 Å². The zero-order valence-electron chi connectivity index (χ0n) is 12.8. The van der Waals surface area contributed by atoms with Crippen LogP contribution in [0.15, 0.2) is 0 Å². The van der Waals surface area contributed by atoms with Crippen LogP contribution in [0.2, 0.25) is 0 Å². The average Bonchev–Trinajstić information content (AvgIpc) is 2.72. The lowest BCUT2D eigenvalue weighted by atomic mass is 9.88. The molecule has 2 fully saturated rings. The van der Waals surface area contributed by atoms with Gasteiger partial charge in [-0.1, -0.05) is 44.9 Å². The largest absolute Gasteiger partial charge is 0.319 e. The Morgan fingerprint density at radius 3 is 2.20 bits per heavy atom. The summed E-state index contributed by atoms with van der Waals surface area (Å²) < 4.78 is 2.39. The number of hydrogen-bond acceptors (Lipinski definition) is 3. The lowest BCUT2D eigenvalue weighted by molar-refractivity contribution is 0.293. The number of nitrogens with two attached hydrogens (primary N) is 1. The second kappa shape index (κ2) is 5.84. The molecule has 2 aliphatic rings. The predicted octanol–water partition coefficient (Wildman–Crippen LogP) is 3.60. The summed E-state index contributed by atoms with van der Waals surface area (Å²) in [5.41, 5.74) is 6.54. The second-order valence-corrected chi connectivity index (χ2v) is 6.80. The molecule has 0 amide bonds. The second-order valence-electron chi connectivity index (χ2n) is 6.80. The molecular weight excluding hydrogens is 248 g/mol. The molecule has 0 unspecified atom stereocenters. The lowest BCUT2D eigenvalue weighted by Gasteiger charge is -2.32. The van der Waals surface area contributed by atoms with Crippen LogP contribution < -0.4 is 5.73 Å². The van der Waals surface area contributed by atoms with Crippen molar-refractivity contribution in [3.8, 4) is 0 Å². The van der Waals surface area contributed by atoms with Crippen LogP contribution in [0, 0.1) is 6.92 Å². The van der Waals surface area contributed by atoms with Gasteiger partial charge in [0.05, 0.1) is 5.54 Å². The first-order chi connectivity index (χ1) is 9.71. The van der Waals surface area contributed by atoms with E-state index in [9.17, 15) is 0 Å². The molecule has 3 rings (SSSR count). The minimum absolute atomic E-state index is 0.241. The number of aryl methyl sites for hydroxylation is 1. The van der Waals surface area contributed by atoms with E-state index in [1.54, 1.807) is 0 Å². The molecule has 2 saturated carbocycles. The van der Waals surface area contributed by atoms with Crippen LogP contribution in [-0.2, 0) is 5.54 Å². The fraction of sp³-hybridized carbons (Fsp3) is 0.875. The van der Waals surface area contributed by atoms with Gasteiger partial charge in [0.2, 0.25) is 0 Å². The van der Waals surface area contributed by atoms with E-state index >= 15 is 0 Å². The third-order valence-electron chi connectivity index (χ3n) is 5.25. The zero-order valence-corrected chi connectivity index (χ0v) is 12.8. The van der Waals surface area contributed by atoms with E-state index in [-0.39, 0.29) is 5.54 Å². The summed E-state index contributed by atoms with van der Waals surface area (Å²) in [6.07, 6.45) is 13.8. The molecule has 1 aromatic heterocycles. The summed E-state index contributed by atoms with van der Waals surface area (Å²) in [4.78, 5) is 0. The van der Waals surface area contributed by atoms with Crippen molar-refractivity contribution in [3.63, 3.8) is 0 Å². The maximum atomic E-state index is 6.78. The standard InChI is InChI=1S/C16H28N4/c1-13-18-19-15(16(17)11-7-2-3-8-12-16)20(13)14-9-5-4-6-10-14/h14H,2-12,17H2,1H3. The van der Waals surface area contributed by atoms with E-state index in [2.05, 4.69) is 21.7 Å². The van der Waals surface area contributed by atoms with Gasteiger partial charge in [-0.2, -0.15) is 0 Å². The first kappa shape index (κ1) is 14.1. The Hall–Kier alpha value is -0.900. The molecule has 4 heteroatoms. The van der Waals surface area contributed by atoms with Crippen molar-refractivity contribution in [1.82, 2.24) is 14.8 Å². The molecule has 4 nitrogen and oxygen atoms in total. The van der Waals surface area contributed by atoms with Crippen LogP contribution in [-0.4, -0.2) is 14.8 Å². The van der Waals surface area contributed by atoms with Crippen LogP contribution >= 0.6 is 0 Å². The molecule has 0 aliphatic heterocycles. The van der Waals surface area contributed by atoms with Gasteiger partial charge < -0.3 is 10.3 Å². The maximum Gasteiger partial charge on any atom is 0.153 e. The van der Waals surface area contributed by atoms with Crippen molar-refractivity contribution in [1.29, 1.82) is 0 Å². The molecular formula is C16H28N4. The third kappa shape index (κ3) is 2.62. The van der Waals surface area contributed by atoms with Crippen molar-refractivity contribution in [2.75, 3.05) is 0 Å². The Morgan fingerprint density at radius 1 is 0.950 bits per heavy atom. The summed E-state index contributed by atoms with van der Waals surface area (Å²) in [6, 6.07) is 0.581. The van der Waals surface area contributed by atoms with Gasteiger partial charge in [-0.05, 0) is 32.6 Å². The van der Waals surface area contributed by atoms with Crippen molar-refractivity contribution in [2.24, 2.45) is 5.73 Å². The third-order valence-corrected chi connectivity index (χ3v) is 5.25. The normalized spacial score (nSPS) is 24.5. The Labute approximate surface area is 122 Å². The fourth-order valence-corrected chi connectivity index (χ4v) is 4.07. The van der Waals surface area contributed by atoms with Gasteiger partial charge in [0.25, 0.3) is 0 Å². The molecule has 0 atom stereocenters. The molecule has 0 bridgehead atoms. The SMILES string of the molecule is Cc1nnc(C2(N)CCCCCC2)n1C1CCCCC1. The predicted molar refractivity (Wildman–Crippen MR) is 80.4 cm³/mol. The highest BCUT2D eigenvalue weighted by Gasteiger charge is 2.35. The molecule has 0 spiro atoms. The number of nitrogens with zero attached hydrogens (tertiary/aromatic N) is 3. The minimum Gasteiger partial charge on any atom is -0.319 e. The number of aromatic nitrogens is 3. The fourth-order valence-electron chi connectivity index (χ4n) is 4.07. The Balaban J connectivity index is 1.92. The van der Waals surface area contributed by atoms with Crippen LogP contribution in [0.25, 0.3) is 0 Å². The molecule has 0 radical (unpaired) electrons. The summed E-state index contributed by atoms with van der Waals surface area (Å²) in [5.74, 6) is 2.13. The molecule has 1 heterocycles. The van der Waals surface area contributed by atoms with E-state index in [4.69, 9.17) is 5.73 Å². The topological polar surface area (TPSA) is 56.7 Å². The Bertz CT molecular complexity index is 437. The minimum atomic E-state index is -0.241. The number of hydrogen-bond donors (Lipinski definition) is 1. The first-order valence-corrected chi connectivity index (χ1v) is 8.41. The monoisotopic (exact) mass is 276 g/mol. The van der Waals surface area contributed by atoms with E-state index in [1.807, 2.05) is 0 Å². The molecule has 2 aliphatic carbocycles. The summed E-state index contributed by atoms with van der Waals surface area (Å²) >= 11 is 0. The van der Waals surface area contributed by atoms with E-state index in [0.29, 0.717) is 6.04 Å². The summed E-state index contributed by atoms with van der Waals surface area (Å²) in [5, 5.41) is 8.89. The molecule has 0 saturated heterocycles. The quantitative estimate of drug-likeness (QED) is 0.840. The smallest absolute Gasteiger partial charge is 0.153 e. The van der Waals surface area contributed by atoms with Crippen LogP contribution in [0.1, 0.15) is 88.3 Å². The molecule has 112 valence electrons. The summed E-state index contributed by atoms with van der Waals surface area (Å²) in [6.45, 7) is 2.09. The molecule has 2 N–H and O–H groups in total. The van der Waals surface area contributed by atoms with E-state index < -0.39 is 0 Å². The first-order valence-electron chi connectivity index (χ1n) is 8.41. The molecule has 1 aromatic rings. The molecule has 20 heavy (non-hydrogen) atoms. The van der Waals surface area contributed by atoms with Crippen LogP contribution in [0.4, 0.5) is 0 Å². The van der Waals surface area contributed by atoms with Crippen LogP contribution in [0.5, 0.6) is 0 Å². The highest BCUT2D eigenvalue weighted by atomic mass is 15.3. The molecule has 0 aromatic carbocycles. The van der Waals surface area contributed by atoms with Gasteiger partial charge in [-0.3, -0.25) is 0 Å². The van der Waals surface area contributed by atoms with Gasteiger partial charge in [-0.15, -0.1) is 10.2 Å². The number of rotatable bonds is 2. The van der Waals surface area contributed by atoms with Gasteiger partial charge >= 0.3 is 0 Å². The van der Waals surface area contributed by atoms with Crippen molar-refractivity contribution in [2.45, 2.75) is 89.1 Å². The van der Waals surface area contributed by atoms with Crippen LogP contribution in [0.3, 0.4) is 0 Å². The van der Waals surface area contributed by atoms with E-state index in [0.717, 1.165) is 24.5 Å². The Morgan fingerprint density at radius 2 is 1.55 bits per heavy atom. The Kier molecular flexibility index (Phi) is 4.11. The van der Waals surface area contributed by atoms with Gasteiger partial charge in [0.15, 0.2) is 5.82 Å². The average molecular weight is 276 g/mol. The van der Waals surface area contributed by atoms with Gasteiger partial charge in [0.1, 0.15) is 5.82 Å². The van der Waals surface area contributed by atoms with Crippen molar-refractivity contribution < 1.29 is 0 Å². The zero-order chi connectivity index (χ0) is 14.0. The van der Waals surface area contributed by atoms with E-state index in [1.165, 1.54) is 57.8 Å². The van der Waals surface area contributed by atoms with Gasteiger partial charge in [-0.25, -0.2) is 0 Å². The van der Waals surface area contributed by atoms with Gasteiger partial charge in [0, 0.05) is 6.04 Å². The van der Waals surface area contributed by atoms with Crippen molar-refractivity contribution >= 4 is 0 Å². The highest BCUT2D eigenvalue weighted by Crippen LogP contribution is 2.37.